The van der Waals surface area contributed by atoms with Gasteiger partial charge in [-0.2, -0.15) is 0 Å². The first-order valence-electron chi connectivity index (χ1n) is 10.6. The van der Waals surface area contributed by atoms with E-state index in [9.17, 15) is 8.42 Å². The molecule has 3 rings (SSSR count). The van der Waals surface area contributed by atoms with Gasteiger partial charge in [0.05, 0.1) is 11.9 Å². The number of H-pyrrole nitrogens is 2. The summed E-state index contributed by atoms with van der Waals surface area (Å²) in [6.45, 7) is 1.82. The number of benzene rings is 2. The van der Waals surface area contributed by atoms with Crippen molar-refractivity contribution in [2.45, 2.75) is 11.3 Å². The number of rotatable bonds is 12. The standard InChI is InChI=1S/C22H28N6O3S4/c1-27(17-8-9-20(32)16(13-17)5-4-10-24-35(2,29)30)12-11-23-15-31-19-7-3-6-18(14-19)28-21(33)25-26-22(28)34/h3-4,6-10,13-14,23-24,32H,5,11-12,15H2,1-2H3,(H,25,33)(H,26,34)/b10-4-. The molecule has 13 heteroatoms. The summed E-state index contributed by atoms with van der Waals surface area (Å²) < 4.78 is 33.2. The monoisotopic (exact) mass is 552 g/mol. The first-order chi connectivity index (χ1) is 16.6. The zero-order valence-corrected chi connectivity index (χ0v) is 22.7. The molecule has 0 spiro atoms. The van der Waals surface area contributed by atoms with E-state index in [1.54, 1.807) is 10.6 Å². The Hall–Kier alpha value is -2.58. The predicted molar refractivity (Wildman–Crippen MR) is 147 cm³/mol. The summed E-state index contributed by atoms with van der Waals surface area (Å²) in [5.74, 6) is 0.702. The molecular formula is C22H28N6O3S4. The summed E-state index contributed by atoms with van der Waals surface area (Å²) in [4.78, 5) is 2.97. The number of aromatic amines is 2. The van der Waals surface area contributed by atoms with Crippen molar-refractivity contribution in [3.8, 4) is 11.4 Å². The summed E-state index contributed by atoms with van der Waals surface area (Å²) in [5, 5.41) is 8.92. The normalized spacial score (nSPS) is 11.6. The highest BCUT2D eigenvalue weighted by Crippen LogP contribution is 2.22. The van der Waals surface area contributed by atoms with Gasteiger partial charge in [0, 0.05) is 43.0 Å². The van der Waals surface area contributed by atoms with Crippen LogP contribution >= 0.6 is 37.1 Å². The Kier molecular flexibility index (Phi) is 9.57. The van der Waals surface area contributed by atoms with Crippen molar-refractivity contribution in [3.63, 3.8) is 0 Å². The maximum atomic E-state index is 11.2. The number of nitrogens with one attached hydrogen (secondary N) is 4. The third kappa shape index (κ3) is 8.25. The van der Waals surface area contributed by atoms with E-state index < -0.39 is 10.0 Å². The van der Waals surface area contributed by atoms with Gasteiger partial charge in [-0.05, 0) is 66.8 Å². The van der Waals surface area contributed by atoms with Crippen LogP contribution < -0.4 is 19.7 Å². The maximum absolute atomic E-state index is 11.2. The number of hydrogen-bond donors (Lipinski definition) is 5. The van der Waals surface area contributed by atoms with Gasteiger partial charge >= 0.3 is 0 Å². The Morgan fingerprint density at radius 1 is 1.17 bits per heavy atom. The molecule has 1 heterocycles. The molecule has 1 aromatic heterocycles. The summed E-state index contributed by atoms with van der Waals surface area (Å²) in [5.41, 5.74) is 2.86. The van der Waals surface area contributed by atoms with Crippen molar-refractivity contribution in [3.05, 3.63) is 69.8 Å². The number of hydrogen-bond acceptors (Lipinski definition) is 8. The van der Waals surface area contributed by atoms with Gasteiger partial charge in [0.1, 0.15) is 12.5 Å². The zero-order valence-electron chi connectivity index (χ0n) is 19.3. The average Bonchev–Trinajstić information content (AvgIpc) is 3.14. The van der Waals surface area contributed by atoms with Crippen LogP contribution in [-0.4, -0.2) is 56.3 Å². The summed E-state index contributed by atoms with van der Waals surface area (Å²) in [6.07, 6.45) is 4.86. The van der Waals surface area contributed by atoms with Gasteiger partial charge in [-0.1, -0.05) is 12.1 Å². The number of sulfonamides is 1. The topological polar surface area (TPSA) is 107 Å². The molecule has 0 aliphatic heterocycles. The minimum absolute atomic E-state index is 0.349. The second-order valence-corrected chi connectivity index (χ2v) is 10.7. The van der Waals surface area contributed by atoms with E-state index in [-0.39, 0.29) is 0 Å². The molecule has 2 aromatic carbocycles. The van der Waals surface area contributed by atoms with Crippen LogP contribution in [0, 0.1) is 9.54 Å². The molecule has 0 radical (unpaired) electrons. The van der Waals surface area contributed by atoms with Crippen molar-refractivity contribution in [1.29, 1.82) is 0 Å². The lowest BCUT2D eigenvalue weighted by Crippen LogP contribution is -2.31. The lowest BCUT2D eigenvalue weighted by molar-refractivity contribution is 0.285. The second-order valence-electron chi connectivity index (χ2n) is 7.71. The molecule has 0 saturated carbocycles. The predicted octanol–water partition coefficient (Wildman–Crippen LogP) is 3.55. The van der Waals surface area contributed by atoms with Crippen LogP contribution in [0.1, 0.15) is 5.56 Å². The lowest BCUT2D eigenvalue weighted by atomic mass is 10.1. The van der Waals surface area contributed by atoms with Crippen LogP contribution in [0.3, 0.4) is 0 Å². The largest absolute Gasteiger partial charge is 0.478 e. The van der Waals surface area contributed by atoms with Crippen LogP contribution in [0.25, 0.3) is 5.69 Å². The van der Waals surface area contributed by atoms with Gasteiger partial charge in [-0.3, -0.25) is 24.8 Å². The molecule has 0 atom stereocenters. The Morgan fingerprint density at radius 3 is 2.63 bits per heavy atom. The Balaban J connectivity index is 1.48. The second kappa shape index (κ2) is 12.4. The highest BCUT2D eigenvalue weighted by Gasteiger charge is 2.06. The van der Waals surface area contributed by atoms with Gasteiger partial charge in [0.2, 0.25) is 10.0 Å². The fourth-order valence-electron chi connectivity index (χ4n) is 3.17. The van der Waals surface area contributed by atoms with E-state index in [2.05, 4.69) is 37.8 Å². The van der Waals surface area contributed by atoms with Crippen LogP contribution in [0.15, 0.2) is 59.6 Å². The van der Waals surface area contributed by atoms with Crippen LogP contribution in [0.5, 0.6) is 5.75 Å². The molecule has 0 aliphatic carbocycles. The molecule has 0 fully saturated rings. The van der Waals surface area contributed by atoms with Crippen LogP contribution in [0.4, 0.5) is 5.69 Å². The van der Waals surface area contributed by atoms with E-state index in [4.69, 9.17) is 29.2 Å². The van der Waals surface area contributed by atoms with Crippen molar-refractivity contribution in [2.24, 2.45) is 0 Å². The molecule has 0 aliphatic rings. The molecular weight excluding hydrogens is 525 g/mol. The SMILES string of the molecule is CN(CCNCOc1cccc(-n2c(=S)[nH][nH]c2=S)c1)c1ccc(S)c(C/C=C\NS(C)(=O)=O)c1. The minimum atomic E-state index is -3.25. The molecule has 3 aromatic rings. The third-order valence-corrected chi connectivity index (χ3v) is 6.53. The number of likely N-dealkylation sites (N-methyl/N-ethyl adjacent to an activating group) is 1. The third-order valence-electron chi connectivity index (χ3n) is 4.96. The number of nitrogens with zero attached hydrogens (tertiary/aromatic N) is 2. The maximum Gasteiger partial charge on any atom is 0.229 e. The molecule has 188 valence electrons. The fourth-order valence-corrected chi connectivity index (χ4v) is 4.30. The number of anilines is 1. The zero-order chi connectivity index (χ0) is 25.4. The lowest BCUT2D eigenvalue weighted by Gasteiger charge is -2.21. The first kappa shape index (κ1) is 27.0. The van der Waals surface area contributed by atoms with Gasteiger partial charge in [0.25, 0.3) is 0 Å². The Bertz CT molecular complexity index is 1370. The van der Waals surface area contributed by atoms with Gasteiger partial charge in [0.15, 0.2) is 9.54 Å². The van der Waals surface area contributed by atoms with E-state index in [1.165, 1.54) is 6.20 Å². The summed E-state index contributed by atoms with van der Waals surface area (Å²) in [7, 11) is -1.24. The molecule has 0 unspecified atom stereocenters. The molecule has 35 heavy (non-hydrogen) atoms. The molecule has 4 N–H and O–H groups in total. The Morgan fingerprint density at radius 2 is 1.91 bits per heavy atom. The highest BCUT2D eigenvalue weighted by atomic mass is 32.2. The number of allylic oxidation sites excluding steroid dienone is 1. The van der Waals surface area contributed by atoms with E-state index in [0.717, 1.165) is 34.6 Å². The molecule has 0 amide bonds. The number of thiol groups is 1. The average molecular weight is 553 g/mol. The fraction of sp³-hybridized carbons (Fsp3) is 0.273. The quantitative estimate of drug-likeness (QED) is 0.101. The summed E-state index contributed by atoms with van der Waals surface area (Å²) >= 11 is 15.0. The highest BCUT2D eigenvalue weighted by molar-refractivity contribution is 7.88. The van der Waals surface area contributed by atoms with Crippen molar-refractivity contribution >= 4 is 52.8 Å². The van der Waals surface area contributed by atoms with Gasteiger partial charge < -0.3 is 9.64 Å². The van der Waals surface area contributed by atoms with Crippen molar-refractivity contribution in [1.82, 2.24) is 24.8 Å². The van der Waals surface area contributed by atoms with E-state index >= 15 is 0 Å². The first-order valence-corrected chi connectivity index (χ1v) is 13.8. The molecule has 0 bridgehead atoms. The molecule has 9 nitrogen and oxygen atoms in total. The van der Waals surface area contributed by atoms with Crippen LogP contribution in [0.2, 0.25) is 0 Å². The Labute approximate surface area is 220 Å². The minimum Gasteiger partial charge on any atom is -0.478 e. The van der Waals surface area contributed by atoms with Crippen molar-refractivity contribution in [2.75, 3.05) is 38.0 Å². The number of aromatic nitrogens is 3. The van der Waals surface area contributed by atoms with E-state index in [0.29, 0.717) is 35.0 Å². The van der Waals surface area contributed by atoms with Crippen LogP contribution in [-0.2, 0) is 16.4 Å². The van der Waals surface area contributed by atoms with E-state index in [1.807, 2.05) is 49.5 Å². The smallest absolute Gasteiger partial charge is 0.229 e. The molecule has 0 saturated heterocycles. The number of ether oxygens (including phenoxy) is 1. The van der Waals surface area contributed by atoms with Crippen molar-refractivity contribution < 1.29 is 13.2 Å². The van der Waals surface area contributed by atoms with Gasteiger partial charge in [-0.25, -0.2) is 8.42 Å². The van der Waals surface area contributed by atoms with Gasteiger partial charge in [-0.15, -0.1) is 12.6 Å². The summed E-state index contributed by atoms with van der Waals surface area (Å²) in [6, 6.07) is 13.5.